The SMILES string of the molecule is O=C(O)CCC1CCCC(NCC2CCCCC2O)C1. The van der Waals surface area contributed by atoms with E-state index in [2.05, 4.69) is 5.32 Å². The van der Waals surface area contributed by atoms with Crippen LogP contribution in [0.5, 0.6) is 0 Å². The zero-order valence-electron chi connectivity index (χ0n) is 12.4. The Kier molecular flexibility index (Phi) is 6.30. The Morgan fingerprint density at radius 2 is 1.90 bits per heavy atom. The van der Waals surface area contributed by atoms with Gasteiger partial charge in [-0.15, -0.1) is 0 Å². The maximum absolute atomic E-state index is 10.6. The molecule has 4 atom stereocenters. The van der Waals surface area contributed by atoms with Crippen molar-refractivity contribution in [1.82, 2.24) is 5.32 Å². The number of hydrogen-bond donors (Lipinski definition) is 3. The molecule has 0 amide bonds. The zero-order chi connectivity index (χ0) is 14.4. The molecule has 0 aromatic heterocycles. The molecule has 0 saturated heterocycles. The fourth-order valence-corrected chi connectivity index (χ4v) is 3.81. The van der Waals surface area contributed by atoms with E-state index in [4.69, 9.17) is 5.11 Å². The van der Waals surface area contributed by atoms with Crippen LogP contribution in [0.1, 0.15) is 64.2 Å². The van der Waals surface area contributed by atoms with Crippen LogP contribution >= 0.6 is 0 Å². The fraction of sp³-hybridized carbons (Fsp3) is 0.938. The number of aliphatic hydroxyl groups excluding tert-OH is 1. The molecule has 2 aliphatic rings. The summed E-state index contributed by atoms with van der Waals surface area (Å²) in [6.07, 6.45) is 10.2. The summed E-state index contributed by atoms with van der Waals surface area (Å²) in [5.74, 6) is 0.308. The summed E-state index contributed by atoms with van der Waals surface area (Å²) in [5.41, 5.74) is 0. The smallest absolute Gasteiger partial charge is 0.303 e. The molecule has 2 rings (SSSR count). The molecule has 0 radical (unpaired) electrons. The van der Waals surface area contributed by atoms with Crippen molar-refractivity contribution in [2.45, 2.75) is 76.4 Å². The van der Waals surface area contributed by atoms with E-state index < -0.39 is 5.97 Å². The van der Waals surface area contributed by atoms with E-state index in [1.165, 1.54) is 32.1 Å². The first kappa shape index (κ1) is 15.8. The standard InChI is InChI=1S/C16H29NO3/c18-15-7-2-1-5-13(15)11-17-14-6-3-4-12(10-14)8-9-16(19)20/h12-15,17-18H,1-11H2,(H,19,20). The van der Waals surface area contributed by atoms with Gasteiger partial charge in [0, 0.05) is 19.0 Å². The topological polar surface area (TPSA) is 69.6 Å². The minimum atomic E-state index is -0.676. The largest absolute Gasteiger partial charge is 0.481 e. The van der Waals surface area contributed by atoms with Crippen LogP contribution in [0.4, 0.5) is 0 Å². The summed E-state index contributed by atoms with van der Waals surface area (Å²) in [6, 6.07) is 0.525. The van der Waals surface area contributed by atoms with Gasteiger partial charge in [0.2, 0.25) is 0 Å². The number of hydrogen-bond acceptors (Lipinski definition) is 3. The molecule has 0 bridgehead atoms. The molecular weight excluding hydrogens is 254 g/mol. The fourth-order valence-electron chi connectivity index (χ4n) is 3.81. The van der Waals surface area contributed by atoms with E-state index in [1.54, 1.807) is 0 Å². The van der Waals surface area contributed by atoms with E-state index in [0.717, 1.165) is 32.2 Å². The highest BCUT2D eigenvalue weighted by Gasteiger charge is 2.26. The van der Waals surface area contributed by atoms with Crippen LogP contribution in [-0.4, -0.2) is 34.9 Å². The van der Waals surface area contributed by atoms with Crippen molar-refractivity contribution in [3.63, 3.8) is 0 Å². The zero-order valence-corrected chi connectivity index (χ0v) is 12.4. The van der Waals surface area contributed by atoms with Crippen LogP contribution < -0.4 is 5.32 Å². The normalized spacial score (nSPS) is 34.9. The molecule has 4 unspecified atom stereocenters. The van der Waals surface area contributed by atoms with Gasteiger partial charge >= 0.3 is 5.97 Å². The molecule has 2 fully saturated rings. The van der Waals surface area contributed by atoms with Gasteiger partial charge in [-0.3, -0.25) is 4.79 Å². The van der Waals surface area contributed by atoms with Crippen LogP contribution in [0.25, 0.3) is 0 Å². The minimum absolute atomic E-state index is 0.123. The number of aliphatic carboxylic acids is 1. The van der Waals surface area contributed by atoms with Crippen molar-refractivity contribution in [3.05, 3.63) is 0 Å². The minimum Gasteiger partial charge on any atom is -0.481 e. The highest BCUT2D eigenvalue weighted by atomic mass is 16.4. The van der Waals surface area contributed by atoms with Gasteiger partial charge in [-0.05, 0) is 43.9 Å². The first-order chi connectivity index (χ1) is 9.65. The summed E-state index contributed by atoms with van der Waals surface area (Å²) in [6.45, 7) is 0.928. The van der Waals surface area contributed by atoms with Crippen molar-refractivity contribution in [2.75, 3.05) is 6.54 Å². The molecule has 116 valence electrons. The molecule has 0 aliphatic heterocycles. The summed E-state index contributed by atoms with van der Waals surface area (Å²) < 4.78 is 0. The van der Waals surface area contributed by atoms with Crippen LogP contribution in [0.2, 0.25) is 0 Å². The van der Waals surface area contributed by atoms with E-state index in [0.29, 0.717) is 24.3 Å². The number of carbonyl (C=O) groups is 1. The summed E-state index contributed by atoms with van der Waals surface area (Å²) in [4.78, 5) is 10.6. The lowest BCUT2D eigenvalue weighted by Crippen LogP contribution is -2.41. The molecule has 0 aromatic carbocycles. The molecule has 0 spiro atoms. The Morgan fingerprint density at radius 3 is 2.65 bits per heavy atom. The van der Waals surface area contributed by atoms with Crippen LogP contribution in [0.15, 0.2) is 0 Å². The first-order valence-electron chi connectivity index (χ1n) is 8.28. The Bertz CT molecular complexity index is 308. The average Bonchev–Trinajstić information content (AvgIpc) is 2.45. The highest BCUT2D eigenvalue weighted by Crippen LogP contribution is 2.29. The maximum atomic E-state index is 10.6. The Labute approximate surface area is 122 Å². The number of carboxylic acid groups (broad SMARTS) is 1. The molecule has 4 nitrogen and oxygen atoms in total. The molecule has 3 N–H and O–H groups in total. The second-order valence-corrected chi connectivity index (χ2v) is 6.68. The van der Waals surface area contributed by atoms with Gasteiger partial charge in [-0.2, -0.15) is 0 Å². The van der Waals surface area contributed by atoms with E-state index >= 15 is 0 Å². The molecule has 4 heteroatoms. The van der Waals surface area contributed by atoms with Crippen molar-refractivity contribution in [3.8, 4) is 0 Å². The Morgan fingerprint density at radius 1 is 1.10 bits per heavy atom. The lowest BCUT2D eigenvalue weighted by molar-refractivity contribution is -0.137. The lowest BCUT2D eigenvalue weighted by Gasteiger charge is -2.33. The molecular formula is C16H29NO3. The number of rotatable bonds is 6. The van der Waals surface area contributed by atoms with Gasteiger partial charge in [0.15, 0.2) is 0 Å². The van der Waals surface area contributed by atoms with E-state index in [9.17, 15) is 9.90 Å². The van der Waals surface area contributed by atoms with Gasteiger partial charge in [-0.1, -0.05) is 25.7 Å². The molecule has 0 heterocycles. The van der Waals surface area contributed by atoms with Gasteiger partial charge in [0.25, 0.3) is 0 Å². The monoisotopic (exact) mass is 283 g/mol. The van der Waals surface area contributed by atoms with Gasteiger partial charge in [-0.25, -0.2) is 0 Å². The third-order valence-electron chi connectivity index (χ3n) is 5.09. The molecule has 2 saturated carbocycles. The predicted molar refractivity (Wildman–Crippen MR) is 78.6 cm³/mol. The number of aliphatic hydroxyl groups is 1. The first-order valence-corrected chi connectivity index (χ1v) is 8.28. The Balaban J connectivity index is 1.68. The molecule has 0 aromatic rings. The van der Waals surface area contributed by atoms with E-state index in [1.807, 2.05) is 0 Å². The Hall–Kier alpha value is -0.610. The average molecular weight is 283 g/mol. The van der Waals surface area contributed by atoms with Gasteiger partial charge < -0.3 is 15.5 Å². The quantitative estimate of drug-likeness (QED) is 0.700. The van der Waals surface area contributed by atoms with Crippen LogP contribution in [-0.2, 0) is 4.79 Å². The number of nitrogens with one attached hydrogen (secondary N) is 1. The third kappa shape index (κ3) is 5.06. The van der Waals surface area contributed by atoms with E-state index in [-0.39, 0.29) is 6.10 Å². The van der Waals surface area contributed by atoms with Gasteiger partial charge in [0.05, 0.1) is 6.10 Å². The maximum Gasteiger partial charge on any atom is 0.303 e. The van der Waals surface area contributed by atoms with Crippen molar-refractivity contribution >= 4 is 5.97 Å². The second-order valence-electron chi connectivity index (χ2n) is 6.68. The van der Waals surface area contributed by atoms with Crippen molar-refractivity contribution in [1.29, 1.82) is 0 Å². The van der Waals surface area contributed by atoms with Crippen LogP contribution in [0.3, 0.4) is 0 Å². The van der Waals surface area contributed by atoms with Gasteiger partial charge in [0.1, 0.15) is 0 Å². The van der Waals surface area contributed by atoms with Crippen molar-refractivity contribution < 1.29 is 15.0 Å². The number of carboxylic acids is 1. The summed E-state index contributed by atoms with van der Waals surface area (Å²) in [5, 5.41) is 22.4. The molecule has 2 aliphatic carbocycles. The highest BCUT2D eigenvalue weighted by molar-refractivity contribution is 5.66. The van der Waals surface area contributed by atoms with Crippen molar-refractivity contribution in [2.24, 2.45) is 11.8 Å². The molecule has 20 heavy (non-hydrogen) atoms. The lowest BCUT2D eigenvalue weighted by atomic mass is 9.82. The summed E-state index contributed by atoms with van der Waals surface area (Å²) in [7, 11) is 0. The second kappa shape index (κ2) is 7.99. The summed E-state index contributed by atoms with van der Waals surface area (Å²) >= 11 is 0. The third-order valence-corrected chi connectivity index (χ3v) is 5.09. The predicted octanol–water partition coefficient (Wildman–Crippen LogP) is 2.55. The van der Waals surface area contributed by atoms with Crippen LogP contribution in [0, 0.1) is 11.8 Å².